The first kappa shape index (κ1) is 27.5. The van der Waals surface area contributed by atoms with Crippen molar-refractivity contribution in [2.45, 2.75) is 91.4 Å². The van der Waals surface area contributed by atoms with Crippen molar-refractivity contribution in [1.82, 2.24) is 0 Å². The minimum Gasteiger partial charge on any atom is -0.126 e. The smallest absolute Gasteiger partial charge is 0.0108 e. The molecule has 0 radical (unpaired) electrons. The van der Waals surface area contributed by atoms with E-state index in [2.05, 4.69) is 122 Å². The Kier molecular flexibility index (Phi) is 10.0. The number of hydrogen-bond acceptors (Lipinski definition) is 0. The molecule has 32 heavy (non-hydrogen) atoms. The van der Waals surface area contributed by atoms with Gasteiger partial charge in [-0.15, -0.1) is 18.5 Å². The first-order valence-corrected chi connectivity index (χ1v) is 13.8. The first-order chi connectivity index (χ1) is 14.9. The van der Waals surface area contributed by atoms with E-state index in [0.717, 1.165) is 0 Å². The van der Waals surface area contributed by atoms with Crippen molar-refractivity contribution in [3.63, 3.8) is 0 Å². The molecular formula is C30H48P2. The van der Waals surface area contributed by atoms with Crippen molar-refractivity contribution in [3.8, 4) is 11.1 Å². The summed E-state index contributed by atoms with van der Waals surface area (Å²) in [6.07, 6.45) is 4.72. The summed E-state index contributed by atoms with van der Waals surface area (Å²) in [4.78, 5) is 0. The predicted octanol–water partition coefficient (Wildman–Crippen LogP) is 9.68. The molecule has 0 bridgehead atoms. The molecule has 2 atom stereocenters. The fourth-order valence-corrected chi connectivity index (χ4v) is 8.21. The standard InChI is InChI=1S/C30H48P2/c1-21(2)17-29(31,18-22(3)4)27-15-11-9-13-25(27)26-14-10-12-16-28(26)30(32,19-23(5)6)20-24(7)8/h9-16,21-24H,17-20,31-32H2,1-8H3. The van der Waals surface area contributed by atoms with Crippen LogP contribution in [0.3, 0.4) is 0 Å². The van der Waals surface area contributed by atoms with Gasteiger partial charge in [0.1, 0.15) is 0 Å². The van der Waals surface area contributed by atoms with E-state index < -0.39 is 0 Å². The number of benzene rings is 2. The molecule has 2 rings (SSSR count). The largest absolute Gasteiger partial charge is 0.126 e. The summed E-state index contributed by atoms with van der Waals surface area (Å²) in [6, 6.07) is 18.4. The van der Waals surface area contributed by atoms with Crippen LogP contribution in [0, 0.1) is 23.7 Å². The third-order valence-corrected chi connectivity index (χ3v) is 7.87. The van der Waals surface area contributed by atoms with Crippen molar-refractivity contribution >= 4 is 18.5 Å². The van der Waals surface area contributed by atoms with Gasteiger partial charge in [0.25, 0.3) is 0 Å². The lowest BCUT2D eigenvalue weighted by molar-refractivity contribution is 0.386. The molecular weight excluding hydrogens is 422 g/mol. The summed E-state index contributed by atoms with van der Waals surface area (Å²) >= 11 is 0. The van der Waals surface area contributed by atoms with E-state index in [-0.39, 0.29) is 10.3 Å². The normalized spacial score (nSPS) is 13.1. The molecule has 2 heteroatoms. The average molecular weight is 471 g/mol. The highest BCUT2D eigenvalue weighted by Gasteiger charge is 2.35. The summed E-state index contributed by atoms with van der Waals surface area (Å²) in [5, 5.41) is 0.178. The van der Waals surface area contributed by atoms with Crippen LogP contribution >= 0.6 is 18.5 Å². The lowest BCUT2D eigenvalue weighted by Crippen LogP contribution is -2.26. The highest BCUT2D eigenvalue weighted by molar-refractivity contribution is 7.18. The maximum Gasteiger partial charge on any atom is 0.0108 e. The molecule has 0 aliphatic rings. The van der Waals surface area contributed by atoms with Gasteiger partial charge in [-0.2, -0.15) is 0 Å². The highest BCUT2D eigenvalue weighted by Crippen LogP contribution is 2.51. The first-order valence-electron chi connectivity index (χ1n) is 12.6. The van der Waals surface area contributed by atoms with Crippen LogP contribution in [0.4, 0.5) is 0 Å². The van der Waals surface area contributed by atoms with E-state index in [1.54, 1.807) is 0 Å². The lowest BCUT2D eigenvalue weighted by atomic mass is 9.76. The van der Waals surface area contributed by atoms with Crippen molar-refractivity contribution < 1.29 is 0 Å². The summed E-state index contributed by atoms with van der Waals surface area (Å²) < 4.78 is 0. The second-order valence-corrected chi connectivity index (χ2v) is 14.0. The maximum absolute atomic E-state index is 3.30. The van der Waals surface area contributed by atoms with Crippen molar-refractivity contribution in [2.75, 3.05) is 0 Å². The van der Waals surface area contributed by atoms with Gasteiger partial charge >= 0.3 is 0 Å². The van der Waals surface area contributed by atoms with E-state index in [9.17, 15) is 0 Å². The van der Waals surface area contributed by atoms with Crippen LogP contribution in [0.25, 0.3) is 11.1 Å². The van der Waals surface area contributed by atoms with E-state index in [1.165, 1.54) is 47.9 Å². The van der Waals surface area contributed by atoms with E-state index >= 15 is 0 Å². The van der Waals surface area contributed by atoms with Gasteiger partial charge in [-0.3, -0.25) is 0 Å². The average Bonchev–Trinajstić information content (AvgIpc) is 2.65. The number of hydrogen-bond donors (Lipinski definition) is 0. The summed E-state index contributed by atoms with van der Waals surface area (Å²) in [6.45, 7) is 18.8. The second kappa shape index (κ2) is 11.6. The van der Waals surface area contributed by atoms with E-state index in [0.29, 0.717) is 23.7 Å². The van der Waals surface area contributed by atoms with Crippen molar-refractivity contribution in [3.05, 3.63) is 59.7 Å². The third kappa shape index (κ3) is 7.15. The second-order valence-electron chi connectivity index (χ2n) is 11.8. The predicted molar refractivity (Wildman–Crippen MR) is 152 cm³/mol. The fourth-order valence-electron chi connectivity index (χ4n) is 5.82. The molecule has 2 aromatic rings. The Morgan fingerprint density at radius 3 is 1.00 bits per heavy atom. The minimum atomic E-state index is 0.0890. The zero-order chi connectivity index (χ0) is 24.1. The Hall–Kier alpha value is -0.700. The molecule has 0 fully saturated rings. The summed E-state index contributed by atoms with van der Waals surface area (Å²) in [7, 11) is 6.60. The zero-order valence-corrected chi connectivity index (χ0v) is 24.2. The Balaban J connectivity index is 2.74. The van der Waals surface area contributed by atoms with E-state index in [4.69, 9.17) is 0 Å². The lowest BCUT2D eigenvalue weighted by Gasteiger charge is -2.38. The zero-order valence-electron chi connectivity index (χ0n) is 21.9. The topological polar surface area (TPSA) is 0 Å². The van der Waals surface area contributed by atoms with Gasteiger partial charge in [0.2, 0.25) is 0 Å². The fraction of sp³-hybridized carbons (Fsp3) is 0.600. The van der Waals surface area contributed by atoms with Gasteiger partial charge in [-0.1, -0.05) is 104 Å². The van der Waals surface area contributed by atoms with Crippen LogP contribution < -0.4 is 0 Å². The van der Waals surface area contributed by atoms with Gasteiger partial charge < -0.3 is 0 Å². The molecule has 0 heterocycles. The molecule has 0 saturated carbocycles. The summed E-state index contributed by atoms with van der Waals surface area (Å²) in [5.41, 5.74) is 5.81. The number of rotatable bonds is 11. The quantitative estimate of drug-likeness (QED) is 0.287. The molecule has 2 unspecified atom stereocenters. The molecule has 178 valence electrons. The van der Waals surface area contributed by atoms with Gasteiger partial charge in [-0.25, -0.2) is 0 Å². The molecule has 0 aliphatic carbocycles. The summed E-state index contributed by atoms with van der Waals surface area (Å²) in [5.74, 6) is 2.60. The molecule has 0 aromatic heterocycles. The molecule has 0 nitrogen and oxygen atoms in total. The monoisotopic (exact) mass is 470 g/mol. The van der Waals surface area contributed by atoms with Crippen LogP contribution in [0.1, 0.15) is 92.2 Å². The maximum atomic E-state index is 3.30. The molecule has 0 N–H and O–H groups in total. The molecule has 0 aliphatic heterocycles. The minimum absolute atomic E-state index is 0.0890. The van der Waals surface area contributed by atoms with Crippen LogP contribution in [-0.4, -0.2) is 0 Å². The molecule has 0 spiro atoms. The van der Waals surface area contributed by atoms with Crippen LogP contribution in [0.2, 0.25) is 0 Å². The van der Waals surface area contributed by atoms with Crippen molar-refractivity contribution in [2.24, 2.45) is 23.7 Å². The van der Waals surface area contributed by atoms with Crippen LogP contribution in [-0.2, 0) is 10.3 Å². The van der Waals surface area contributed by atoms with Gasteiger partial charge in [0, 0.05) is 10.3 Å². The molecule has 2 aromatic carbocycles. The Labute approximate surface area is 204 Å². The van der Waals surface area contributed by atoms with Crippen LogP contribution in [0.5, 0.6) is 0 Å². The Morgan fingerprint density at radius 1 is 0.500 bits per heavy atom. The van der Waals surface area contributed by atoms with Crippen LogP contribution in [0.15, 0.2) is 48.5 Å². The van der Waals surface area contributed by atoms with E-state index in [1.807, 2.05) is 0 Å². The third-order valence-electron chi connectivity index (χ3n) is 6.31. The molecule has 0 saturated heterocycles. The van der Waals surface area contributed by atoms with Gasteiger partial charge in [0.15, 0.2) is 0 Å². The Morgan fingerprint density at radius 2 is 0.750 bits per heavy atom. The van der Waals surface area contributed by atoms with Crippen molar-refractivity contribution in [1.29, 1.82) is 0 Å². The molecule has 0 amide bonds. The highest BCUT2D eigenvalue weighted by atomic mass is 31.0. The Bertz CT molecular complexity index is 756. The van der Waals surface area contributed by atoms with Gasteiger partial charge in [-0.05, 0) is 71.6 Å². The SMILES string of the molecule is CC(C)CC(P)(CC(C)C)c1ccccc1-c1ccccc1C(P)(CC(C)C)CC(C)C. The van der Waals surface area contributed by atoms with Gasteiger partial charge in [0.05, 0.1) is 0 Å².